The molecule has 44 heavy (non-hydrogen) atoms. The number of fused-ring (bicyclic) bond motifs is 1. The van der Waals surface area contributed by atoms with E-state index in [9.17, 15) is 39.5 Å². The molecular formula is C30H33N3O10S. The van der Waals surface area contributed by atoms with E-state index in [0.29, 0.717) is 29.5 Å². The van der Waals surface area contributed by atoms with E-state index in [1.165, 1.54) is 52.8 Å². The smallest absolute Gasteiger partial charge is 0.397 e. The van der Waals surface area contributed by atoms with Crippen LogP contribution in [0.4, 0.5) is 17.1 Å². The van der Waals surface area contributed by atoms with Crippen LogP contribution in [0.1, 0.15) is 41.0 Å². The Morgan fingerprint density at radius 3 is 2.27 bits per heavy atom. The molecule has 234 valence electrons. The minimum atomic E-state index is -2.60. The highest BCUT2D eigenvalue weighted by Crippen LogP contribution is 2.68. The average Bonchev–Trinajstić information content (AvgIpc) is 3.31. The van der Waals surface area contributed by atoms with Crippen LogP contribution in [0, 0.1) is 20.9 Å². The molecule has 0 fully saturated rings. The number of para-hydroxylation sites is 1. The van der Waals surface area contributed by atoms with Gasteiger partial charge in [0.15, 0.2) is 0 Å². The SMILES string of the molecule is CCOC(=O)C(=O)N(C1=C([N+](=O)[O-])SC(CC)(C(=O)O)C1(C(=O)O)C(C)(C)C)c1ccc2c(c1)N(c1ccccc1)CCO2. The molecule has 0 saturated carbocycles. The second-order valence-corrected chi connectivity index (χ2v) is 12.4. The number of carbonyl (C=O) groups excluding carboxylic acids is 2. The number of rotatable bonds is 8. The van der Waals surface area contributed by atoms with Crippen LogP contribution < -0.4 is 14.5 Å². The molecule has 2 N–H and O–H groups in total. The van der Waals surface area contributed by atoms with Crippen LogP contribution in [0.5, 0.6) is 5.75 Å². The van der Waals surface area contributed by atoms with Crippen LogP contribution in [-0.2, 0) is 23.9 Å². The summed E-state index contributed by atoms with van der Waals surface area (Å²) in [6.07, 6.45) is -0.362. The zero-order valence-corrected chi connectivity index (χ0v) is 25.7. The molecule has 13 nitrogen and oxygen atoms in total. The van der Waals surface area contributed by atoms with E-state index in [1.54, 1.807) is 0 Å². The van der Waals surface area contributed by atoms with Gasteiger partial charge in [0.1, 0.15) is 28.2 Å². The van der Waals surface area contributed by atoms with Crippen molar-refractivity contribution in [1.29, 1.82) is 0 Å². The molecule has 2 atom stereocenters. The van der Waals surface area contributed by atoms with Crippen molar-refractivity contribution in [2.45, 2.75) is 45.8 Å². The van der Waals surface area contributed by atoms with Gasteiger partial charge in [-0.1, -0.05) is 45.9 Å². The van der Waals surface area contributed by atoms with E-state index >= 15 is 0 Å². The first kappa shape index (κ1) is 32.3. The second-order valence-electron chi connectivity index (χ2n) is 11.2. The molecule has 0 aliphatic carbocycles. The van der Waals surface area contributed by atoms with E-state index < -0.39 is 55.0 Å². The van der Waals surface area contributed by atoms with Gasteiger partial charge in [0.05, 0.1) is 29.4 Å². The molecule has 0 saturated heterocycles. The number of aliphatic carboxylic acids is 2. The first-order valence-electron chi connectivity index (χ1n) is 13.8. The monoisotopic (exact) mass is 627 g/mol. The third-order valence-corrected chi connectivity index (χ3v) is 9.55. The quantitative estimate of drug-likeness (QED) is 0.179. The molecular weight excluding hydrogens is 594 g/mol. The summed E-state index contributed by atoms with van der Waals surface area (Å²) in [4.78, 5) is 67.9. The Balaban J connectivity index is 2.12. The molecule has 2 heterocycles. The highest BCUT2D eigenvalue weighted by atomic mass is 32.2. The Morgan fingerprint density at radius 2 is 1.75 bits per heavy atom. The Kier molecular flexibility index (Phi) is 8.69. The maximum absolute atomic E-state index is 14.0. The summed E-state index contributed by atoms with van der Waals surface area (Å²) in [6, 6.07) is 13.5. The Labute approximate surface area is 257 Å². The number of benzene rings is 2. The molecule has 2 aliphatic rings. The van der Waals surface area contributed by atoms with Gasteiger partial charge in [-0.15, -0.1) is 0 Å². The van der Waals surface area contributed by atoms with Crippen LogP contribution in [0.25, 0.3) is 0 Å². The van der Waals surface area contributed by atoms with Gasteiger partial charge in [0.2, 0.25) is 0 Å². The molecule has 2 aromatic rings. The van der Waals surface area contributed by atoms with Crippen molar-refractivity contribution < 1.29 is 43.8 Å². The number of amides is 1. The minimum absolute atomic E-state index is 0.115. The summed E-state index contributed by atoms with van der Waals surface area (Å²) in [5.41, 5.74) is -3.79. The number of esters is 1. The molecule has 0 radical (unpaired) electrons. The Hall–Kier alpha value is -4.59. The lowest BCUT2D eigenvalue weighted by Gasteiger charge is -2.49. The third-order valence-electron chi connectivity index (χ3n) is 7.90. The maximum Gasteiger partial charge on any atom is 0.397 e. The summed E-state index contributed by atoms with van der Waals surface area (Å²) in [5.74, 6) is -5.74. The highest BCUT2D eigenvalue weighted by Gasteiger charge is 2.77. The average molecular weight is 628 g/mol. The Morgan fingerprint density at radius 1 is 1.09 bits per heavy atom. The zero-order valence-electron chi connectivity index (χ0n) is 24.9. The van der Waals surface area contributed by atoms with Crippen molar-refractivity contribution in [2.24, 2.45) is 10.8 Å². The van der Waals surface area contributed by atoms with Crippen LogP contribution in [0.3, 0.4) is 0 Å². The van der Waals surface area contributed by atoms with Gasteiger partial charge in [-0.2, -0.15) is 0 Å². The van der Waals surface area contributed by atoms with Gasteiger partial charge < -0.3 is 24.6 Å². The maximum atomic E-state index is 14.0. The van der Waals surface area contributed by atoms with E-state index in [4.69, 9.17) is 9.47 Å². The first-order chi connectivity index (χ1) is 20.7. The molecule has 4 rings (SSSR count). The molecule has 0 bridgehead atoms. The number of hydrogen-bond donors (Lipinski definition) is 2. The van der Waals surface area contributed by atoms with Crippen molar-refractivity contribution in [1.82, 2.24) is 0 Å². The predicted octanol–water partition coefficient (Wildman–Crippen LogP) is 4.66. The van der Waals surface area contributed by atoms with E-state index in [1.807, 2.05) is 35.2 Å². The van der Waals surface area contributed by atoms with Crippen molar-refractivity contribution in [3.8, 4) is 5.75 Å². The highest BCUT2D eigenvalue weighted by molar-refractivity contribution is 8.05. The standard InChI is InChI=1S/C30H33N3O10S/c1-6-29(26(36)37)30(27(38)39,28(3,4)5)22(24(44-29)33(40)41)32(23(34)25(35)42-7-2)19-13-14-21-20(17-19)31(15-16-43-21)18-11-9-8-10-12-18/h8-14,17H,6-7,15-16H2,1-5H3,(H,36,37)(H,38,39). The number of carboxylic acids is 2. The summed E-state index contributed by atoms with van der Waals surface area (Å²) in [7, 11) is 0. The van der Waals surface area contributed by atoms with E-state index in [2.05, 4.69) is 0 Å². The van der Waals surface area contributed by atoms with Gasteiger partial charge >= 0.3 is 28.8 Å². The van der Waals surface area contributed by atoms with Crippen molar-refractivity contribution >= 4 is 52.6 Å². The van der Waals surface area contributed by atoms with E-state index in [0.717, 1.165) is 5.69 Å². The molecule has 2 unspecified atom stereocenters. The normalized spacial score (nSPS) is 21.2. The van der Waals surface area contributed by atoms with Crippen molar-refractivity contribution in [2.75, 3.05) is 29.6 Å². The number of thioether (sulfide) groups is 1. The minimum Gasteiger partial charge on any atom is -0.490 e. The molecule has 0 spiro atoms. The first-order valence-corrected chi connectivity index (χ1v) is 14.7. The van der Waals surface area contributed by atoms with E-state index in [-0.39, 0.29) is 30.5 Å². The lowest BCUT2D eigenvalue weighted by atomic mass is 9.56. The van der Waals surface area contributed by atoms with Gasteiger partial charge in [-0.3, -0.25) is 29.4 Å². The number of anilines is 3. The second kappa shape index (κ2) is 11.8. The largest absolute Gasteiger partial charge is 0.490 e. The molecule has 1 amide bonds. The van der Waals surface area contributed by atoms with Crippen LogP contribution in [0.15, 0.2) is 59.3 Å². The van der Waals surface area contributed by atoms with Gasteiger partial charge in [-0.25, -0.2) is 4.79 Å². The number of hydrogen-bond acceptors (Lipinski definition) is 10. The summed E-state index contributed by atoms with van der Waals surface area (Å²) < 4.78 is 8.46. The fourth-order valence-corrected chi connectivity index (χ4v) is 7.75. The zero-order chi connectivity index (χ0) is 32.6. The summed E-state index contributed by atoms with van der Waals surface area (Å²) in [5, 5.41) is 33.3. The number of carboxylic acid groups (broad SMARTS) is 2. The van der Waals surface area contributed by atoms with Gasteiger partial charge in [0, 0.05) is 5.69 Å². The molecule has 0 aromatic heterocycles. The van der Waals surface area contributed by atoms with Crippen LogP contribution >= 0.6 is 11.8 Å². The van der Waals surface area contributed by atoms with Gasteiger partial charge in [0.25, 0.3) is 0 Å². The predicted molar refractivity (Wildman–Crippen MR) is 161 cm³/mol. The summed E-state index contributed by atoms with van der Waals surface area (Å²) >= 11 is 0.255. The van der Waals surface area contributed by atoms with Crippen molar-refractivity contribution in [3.63, 3.8) is 0 Å². The number of carbonyl (C=O) groups is 4. The summed E-state index contributed by atoms with van der Waals surface area (Å²) in [6.45, 7) is 7.67. The lowest BCUT2D eigenvalue weighted by molar-refractivity contribution is -0.411. The number of nitro groups is 1. The number of ether oxygens (including phenoxy) is 2. The molecule has 2 aliphatic heterocycles. The molecule has 2 aromatic carbocycles. The van der Waals surface area contributed by atoms with Crippen LogP contribution in [0.2, 0.25) is 0 Å². The van der Waals surface area contributed by atoms with Crippen LogP contribution in [-0.4, -0.2) is 63.5 Å². The topological polar surface area (TPSA) is 177 Å². The lowest BCUT2D eigenvalue weighted by Crippen LogP contribution is -2.63. The van der Waals surface area contributed by atoms with Crippen molar-refractivity contribution in [3.05, 3.63) is 69.4 Å². The Bertz CT molecular complexity index is 1550. The third kappa shape index (κ3) is 4.82. The molecule has 14 heteroatoms. The van der Waals surface area contributed by atoms with Gasteiger partial charge in [-0.05, 0) is 60.9 Å². The fraction of sp³-hybridized carbons (Fsp3) is 0.400. The number of nitrogens with zero attached hydrogens (tertiary/aromatic N) is 3. The fourth-order valence-electron chi connectivity index (χ4n) is 6.13.